The van der Waals surface area contributed by atoms with Crippen molar-refractivity contribution in [2.75, 3.05) is 6.61 Å². The van der Waals surface area contributed by atoms with Crippen molar-refractivity contribution in [3.05, 3.63) is 33.3 Å². The van der Waals surface area contributed by atoms with Gasteiger partial charge in [-0.2, -0.15) is 0 Å². The van der Waals surface area contributed by atoms with Crippen molar-refractivity contribution < 1.29 is 14.4 Å². The van der Waals surface area contributed by atoms with E-state index in [1.54, 1.807) is 0 Å². The third-order valence-electron chi connectivity index (χ3n) is 3.10. The number of benzene rings is 1. The third kappa shape index (κ3) is 3.34. The van der Waals surface area contributed by atoms with Gasteiger partial charge in [0.15, 0.2) is 0 Å². The van der Waals surface area contributed by atoms with Crippen molar-refractivity contribution in [2.24, 2.45) is 0 Å². The molecule has 0 N–H and O–H groups in total. The number of non-ortho nitro benzene ring substituents is 1. The van der Waals surface area contributed by atoms with Gasteiger partial charge in [-0.05, 0) is 12.5 Å². The van der Waals surface area contributed by atoms with Gasteiger partial charge in [0.25, 0.3) is 5.69 Å². The largest absolute Gasteiger partial charge is 0.486 e. The minimum Gasteiger partial charge on any atom is -0.486 e. The molecule has 0 bridgehead atoms. The van der Waals surface area contributed by atoms with Crippen molar-refractivity contribution in [3.8, 4) is 5.75 Å². The van der Waals surface area contributed by atoms with E-state index in [1.165, 1.54) is 18.2 Å². The summed E-state index contributed by atoms with van der Waals surface area (Å²) >= 11 is 12.1. The van der Waals surface area contributed by atoms with E-state index in [0.29, 0.717) is 23.8 Å². The quantitative estimate of drug-likeness (QED) is 0.454. The monoisotopic (exact) mass is 319 g/mol. The topological polar surface area (TPSA) is 61.6 Å². The number of ether oxygens (including phenoxy) is 2. The predicted octanol–water partition coefficient (Wildman–Crippen LogP) is 3.80. The number of hydrogen-bond acceptors (Lipinski definition) is 4. The van der Waals surface area contributed by atoms with Gasteiger partial charge in [-0.25, -0.2) is 0 Å². The highest BCUT2D eigenvalue weighted by atomic mass is 35.5. The lowest BCUT2D eigenvalue weighted by atomic mass is 9.91. The van der Waals surface area contributed by atoms with E-state index in [4.69, 9.17) is 32.7 Å². The van der Waals surface area contributed by atoms with Crippen LogP contribution in [0.3, 0.4) is 0 Å². The average molecular weight is 320 g/mol. The Morgan fingerprint density at radius 1 is 1.50 bits per heavy atom. The van der Waals surface area contributed by atoms with Gasteiger partial charge in [0.1, 0.15) is 18.0 Å². The minimum atomic E-state index is -0.487. The van der Waals surface area contributed by atoms with Crippen molar-refractivity contribution >= 4 is 28.9 Å². The zero-order chi connectivity index (χ0) is 14.7. The second-order valence-corrected chi connectivity index (χ2v) is 5.58. The van der Waals surface area contributed by atoms with Gasteiger partial charge in [0.05, 0.1) is 21.4 Å². The smallest absolute Gasteiger partial charge is 0.273 e. The molecular weight excluding hydrogens is 305 g/mol. The molecule has 0 aromatic heterocycles. The zero-order valence-electron chi connectivity index (χ0n) is 10.9. The van der Waals surface area contributed by atoms with Gasteiger partial charge in [-0.1, -0.05) is 18.5 Å². The van der Waals surface area contributed by atoms with Gasteiger partial charge in [-0.3, -0.25) is 10.1 Å². The first-order chi connectivity index (χ1) is 9.52. The van der Waals surface area contributed by atoms with E-state index < -0.39 is 4.92 Å². The van der Waals surface area contributed by atoms with Crippen LogP contribution in [0.5, 0.6) is 5.75 Å². The molecule has 1 aromatic carbocycles. The summed E-state index contributed by atoms with van der Waals surface area (Å²) in [6, 6.07) is 4.11. The van der Waals surface area contributed by atoms with Crippen LogP contribution < -0.4 is 4.74 Å². The van der Waals surface area contributed by atoms with Crippen LogP contribution in [0.4, 0.5) is 5.69 Å². The maximum absolute atomic E-state index is 10.8. The van der Waals surface area contributed by atoms with Crippen molar-refractivity contribution in [3.63, 3.8) is 0 Å². The van der Waals surface area contributed by atoms with Crippen LogP contribution in [0.2, 0.25) is 5.02 Å². The molecule has 0 heterocycles. The molecule has 110 valence electrons. The molecular formula is C13H15Cl2NO4. The summed E-state index contributed by atoms with van der Waals surface area (Å²) in [5.74, 6) is 0.291. The summed E-state index contributed by atoms with van der Waals surface area (Å²) in [4.78, 5) is 10.3. The second-order valence-electron chi connectivity index (χ2n) is 4.62. The molecule has 0 radical (unpaired) electrons. The number of rotatable bonds is 6. The van der Waals surface area contributed by atoms with Gasteiger partial charge >= 0.3 is 0 Å². The molecule has 1 saturated carbocycles. The lowest BCUT2D eigenvalue weighted by Gasteiger charge is -2.40. The maximum atomic E-state index is 10.8. The predicted molar refractivity (Wildman–Crippen MR) is 76.8 cm³/mol. The Morgan fingerprint density at radius 2 is 2.25 bits per heavy atom. The molecule has 2 rings (SSSR count). The summed E-state index contributed by atoms with van der Waals surface area (Å²) in [5, 5.41) is 11.0. The molecule has 0 saturated heterocycles. The Morgan fingerprint density at radius 3 is 2.85 bits per heavy atom. The van der Waals surface area contributed by atoms with Crippen LogP contribution in [-0.2, 0) is 4.74 Å². The molecule has 3 atom stereocenters. The van der Waals surface area contributed by atoms with Gasteiger partial charge < -0.3 is 9.47 Å². The standard InChI is InChI=1S/C13H15Cl2NO4/c1-2-5-19-13-10(15)7-12(13)20-11-6-8(16(17)18)3-4-9(11)14/h3-4,6,10,12-13H,2,5,7H2,1H3. The number of hydrogen-bond donors (Lipinski definition) is 0. The number of nitro groups is 1. The van der Waals surface area contributed by atoms with E-state index in [0.717, 1.165) is 6.42 Å². The van der Waals surface area contributed by atoms with E-state index in [-0.39, 0.29) is 23.3 Å². The SMILES string of the molecule is CCCOC1C(Cl)CC1Oc1cc([N+](=O)[O-])ccc1Cl. The molecule has 0 amide bonds. The van der Waals surface area contributed by atoms with Crippen LogP contribution in [0, 0.1) is 10.1 Å². The summed E-state index contributed by atoms with van der Waals surface area (Å²) in [5.41, 5.74) is -0.0582. The summed E-state index contributed by atoms with van der Waals surface area (Å²) in [6.45, 7) is 2.62. The van der Waals surface area contributed by atoms with Crippen LogP contribution in [0.1, 0.15) is 19.8 Å². The highest BCUT2D eigenvalue weighted by molar-refractivity contribution is 6.32. The Balaban J connectivity index is 2.06. The lowest BCUT2D eigenvalue weighted by molar-refractivity contribution is -0.385. The molecule has 1 aliphatic rings. The normalized spacial score (nSPS) is 25.1. The Hall–Kier alpha value is -1.04. The number of halogens is 2. The number of alkyl halides is 1. The first-order valence-corrected chi connectivity index (χ1v) is 7.20. The lowest BCUT2D eigenvalue weighted by Crippen LogP contribution is -2.52. The van der Waals surface area contributed by atoms with Crippen LogP contribution in [0.15, 0.2) is 18.2 Å². The molecule has 20 heavy (non-hydrogen) atoms. The van der Waals surface area contributed by atoms with Crippen molar-refractivity contribution in [1.82, 2.24) is 0 Å². The van der Waals surface area contributed by atoms with Crippen LogP contribution >= 0.6 is 23.2 Å². The molecule has 7 heteroatoms. The van der Waals surface area contributed by atoms with Gasteiger partial charge in [-0.15, -0.1) is 11.6 Å². The first kappa shape index (κ1) is 15.4. The molecule has 0 aliphatic heterocycles. The molecule has 0 spiro atoms. The Bertz CT molecular complexity index is 497. The molecule has 1 aliphatic carbocycles. The van der Waals surface area contributed by atoms with E-state index >= 15 is 0 Å². The van der Waals surface area contributed by atoms with Crippen molar-refractivity contribution in [1.29, 1.82) is 0 Å². The highest BCUT2D eigenvalue weighted by Crippen LogP contribution is 2.36. The molecule has 1 aromatic rings. The third-order valence-corrected chi connectivity index (χ3v) is 3.84. The summed E-state index contributed by atoms with van der Waals surface area (Å²) < 4.78 is 11.3. The first-order valence-electron chi connectivity index (χ1n) is 6.39. The van der Waals surface area contributed by atoms with E-state index in [1.807, 2.05) is 6.92 Å². The Labute approximate surface area is 126 Å². The molecule has 1 fully saturated rings. The van der Waals surface area contributed by atoms with Crippen LogP contribution in [-0.4, -0.2) is 29.1 Å². The zero-order valence-corrected chi connectivity index (χ0v) is 12.4. The van der Waals surface area contributed by atoms with Gasteiger partial charge in [0.2, 0.25) is 0 Å². The molecule has 3 unspecified atom stereocenters. The maximum Gasteiger partial charge on any atom is 0.273 e. The van der Waals surface area contributed by atoms with E-state index in [2.05, 4.69) is 0 Å². The Kier molecular flexibility index (Phi) is 5.07. The summed E-state index contributed by atoms with van der Waals surface area (Å²) in [6.07, 6.45) is 1.11. The van der Waals surface area contributed by atoms with E-state index in [9.17, 15) is 10.1 Å². The fraction of sp³-hybridized carbons (Fsp3) is 0.538. The number of nitro benzene ring substituents is 1. The summed E-state index contributed by atoms with van der Waals surface area (Å²) in [7, 11) is 0. The fourth-order valence-corrected chi connectivity index (χ4v) is 2.54. The molecule has 5 nitrogen and oxygen atoms in total. The highest BCUT2D eigenvalue weighted by Gasteiger charge is 2.43. The van der Waals surface area contributed by atoms with Crippen LogP contribution in [0.25, 0.3) is 0 Å². The average Bonchev–Trinajstić information content (AvgIpc) is 2.40. The minimum absolute atomic E-state index is 0.0582. The fourth-order valence-electron chi connectivity index (χ4n) is 1.97. The number of nitrogens with zero attached hydrogens (tertiary/aromatic N) is 1. The second kappa shape index (κ2) is 6.61. The van der Waals surface area contributed by atoms with Crippen molar-refractivity contribution in [2.45, 2.75) is 37.4 Å². The van der Waals surface area contributed by atoms with Gasteiger partial charge in [0, 0.05) is 19.1 Å².